The average molecular weight is 299 g/mol. The molecule has 0 spiro atoms. The van der Waals surface area contributed by atoms with Gasteiger partial charge in [-0.1, -0.05) is 36.4 Å². The van der Waals surface area contributed by atoms with Crippen LogP contribution in [0.4, 0.5) is 4.39 Å². The number of amides is 1. The van der Waals surface area contributed by atoms with E-state index in [0.717, 1.165) is 5.56 Å². The summed E-state index contributed by atoms with van der Waals surface area (Å²) in [5.74, 6) is -0.391. The van der Waals surface area contributed by atoms with Gasteiger partial charge in [0.25, 0.3) is 0 Å². The van der Waals surface area contributed by atoms with Gasteiger partial charge in [-0.25, -0.2) is 4.39 Å². The second kappa shape index (κ2) is 7.41. The van der Waals surface area contributed by atoms with E-state index in [1.165, 1.54) is 12.1 Å². The van der Waals surface area contributed by atoms with Gasteiger partial charge in [0.2, 0.25) is 5.91 Å². The zero-order chi connectivity index (χ0) is 15.9. The van der Waals surface area contributed by atoms with E-state index in [1.54, 1.807) is 37.3 Å². The van der Waals surface area contributed by atoms with Crippen molar-refractivity contribution in [1.29, 1.82) is 0 Å². The molecule has 0 aliphatic heterocycles. The van der Waals surface area contributed by atoms with Gasteiger partial charge in [-0.3, -0.25) is 4.79 Å². The summed E-state index contributed by atoms with van der Waals surface area (Å²) < 4.78 is 13.5. The first-order valence-electron chi connectivity index (χ1n) is 7.06. The fourth-order valence-corrected chi connectivity index (χ4v) is 2.06. The van der Waals surface area contributed by atoms with Gasteiger partial charge in [0.1, 0.15) is 11.6 Å². The number of benzene rings is 2. The number of carbonyl (C=O) groups excluding carboxylic acids is 1. The molecular formula is C18H18FNO2. The molecule has 0 radical (unpaired) electrons. The first-order valence-corrected chi connectivity index (χ1v) is 7.06. The predicted octanol–water partition coefficient (Wildman–Crippen LogP) is 3.29. The fraction of sp³-hybridized carbons (Fsp3) is 0.167. The third-order valence-corrected chi connectivity index (χ3v) is 3.31. The number of aromatic hydroxyl groups is 1. The van der Waals surface area contributed by atoms with Gasteiger partial charge in [0, 0.05) is 17.7 Å². The van der Waals surface area contributed by atoms with Crippen molar-refractivity contribution in [3.8, 4) is 5.75 Å². The van der Waals surface area contributed by atoms with Crippen LogP contribution in [-0.2, 0) is 11.2 Å². The number of hydrogen-bond donors (Lipinski definition) is 2. The molecule has 2 aromatic carbocycles. The van der Waals surface area contributed by atoms with Crippen LogP contribution in [0, 0.1) is 5.82 Å². The Kier molecular flexibility index (Phi) is 5.31. The predicted molar refractivity (Wildman–Crippen MR) is 84.9 cm³/mol. The minimum absolute atomic E-state index is 0.218. The summed E-state index contributed by atoms with van der Waals surface area (Å²) in [6, 6.07) is 13.3. The molecule has 4 heteroatoms. The number of halogens is 1. The molecular weight excluding hydrogens is 281 g/mol. The maximum Gasteiger partial charge on any atom is 0.246 e. The minimum atomic E-state index is -0.358. The van der Waals surface area contributed by atoms with E-state index in [0.29, 0.717) is 24.1 Å². The molecule has 3 nitrogen and oxygen atoms in total. The third-order valence-electron chi connectivity index (χ3n) is 3.31. The Hall–Kier alpha value is -2.62. The van der Waals surface area contributed by atoms with E-state index >= 15 is 0 Å². The molecule has 0 aliphatic rings. The van der Waals surface area contributed by atoms with Gasteiger partial charge < -0.3 is 10.4 Å². The first kappa shape index (κ1) is 15.8. The van der Waals surface area contributed by atoms with Crippen LogP contribution in [0.5, 0.6) is 5.75 Å². The maximum atomic E-state index is 13.5. The maximum absolute atomic E-state index is 13.5. The Morgan fingerprint density at radius 3 is 2.59 bits per heavy atom. The van der Waals surface area contributed by atoms with Crippen molar-refractivity contribution < 1.29 is 14.3 Å². The Morgan fingerprint density at radius 2 is 1.86 bits per heavy atom. The van der Waals surface area contributed by atoms with Gasteiger partial charge in [0.05, 0.1) is 0 Å². The SMILES string of the molecule is C/C(=C\c1ccccc1F)C(=O)NCCc1ccccc1O. The van der Waals surface area contributed by atoms with Crippen molar-refractivity contribution >= 4 is 12.0 Å². The van der Waals surface area contributed by atoms with Crippen LogP contribution in [0.3, 0.4) is 0 Å². The van der Waals surface area contributed by atoms with Crippen LogP contribution in [0.1, 0.15) is 18.1 Å². The molecule has 0 atom stereocenters. The number of phenols is 1. The Balaban J connectivity index is 1.92. The number of carbonyl (C=O) groups is 1. The summed E-state index contributed by atoms with van der Waals surface area (Å²) >= 11 is 0. The quantitative estimate of drug-likeness (QED) is 0.832. The summed E-state index contributed by atoms with van der Waals surface area (Å²) in [6.07, 6.45) is 2.05. The summed E-state index contributed by atoms with van der Waals surface area (Å²) in [7, 11) is 0. The minimum Gasteiger partial charge on any atom is -0.508 e. The molecule has 0 bridgehead atoms. The first-order chi connectivity index (χ1) is 10.6. The van der Waals surface area contributed by atoms with E-state index in [4.69, 9.17) is 0 Å². The van der Waals surface area contributed by atoms with Crippen LogP contribution in [0.15, 0.2) is 54.1 Å². The van der Waals surface area contributed by atoms with E-state index in [-0.39, 0.29) is 17.5 Å². The Morgan fingerprint density at radius 1 is 1.18 bits per heavy atom. The van der Waals surface area contributed by atoms with Crippen LogP contribution in [0.25, 0.3) is 6.08 Å². The van der Waals surface area contributed by atoms with E-state index in [2.05, 4.69) is 5.32 Å². The number of para-hydroxylation sites is 1. The van der Waals surface area contributed by atoms with Gasteiger partial charge in [-0.2, -0.15) is 0 Å². The Labute approximate surface area is 129 Å². The summed E-state index contributed by atoms with van der Waals surface area (Å²) in [5.41, 5.74) is 1.59. The highest BCUT2D eigenvalue weighted by molar-refractivity contribution is 5.97. The van der Waals surface area contributed by atoms with E-state index in [9.17, 15) is 14.3 Å². The van der Waals surface area contributed by atoms with Crippen LogP contribution in [0.2, 0.25) is 0 Å². The molecule has 22 heavy (non-hydrogen) atoms. The van der Waals surface area contributed by atoms with Gasteiger partial charge in [0.15, 0.2) is 0 Å². The number of rotatable bonds is 5. The number of nitrogens with one attached hydrogen (secondary N) is 1. The monoisotopic (exact) mass is 299 g/mol. The lowest BCUT2D eigenvalue weighted by Gasteiger charge is -2.07. The van der Waals surface area contributed by atoms with Crippen molar-refractivity contribution in [2.24, 2.45) is 0 Å². The van der Waals surface area contributed by atoms with Gasteiger partial charge >= 0.3 is 0 Å². The molecule has 0 aliphatic carbocycles. The van der Waals surface area contributed by atoms with E-state index < -0.39 is 0 Å². The Bertz CT molecular complexity index is 695. The van der Waals surface area contributed by atoms with Crippen molar-refractivity contribution in [2.75, 3.05) is 6.54 Å². The topological polar surface area (TPSA) is 49.3 Å². The molecule has 0 fully saturated rings. The molecule has 2 N–H and O–H groups in total. The molecule has 0 aromatic heterocycles. The summed E-state index contributed by atoms with van der Waals surface area (Å²) in [6.45, 7) is 2.04. The summed E-state index contributed by atoms with van der Waals surface area (Å²) in [5, 5.41) is 12.4. The van der Waals surface area contributed by atoms with Crippen molar-refractivity contribution in [3.63, 3.8) is 0 Å². The second-order valence-electron chi connectivity index (χ2n) is 4.98. The third kappa shape index (κ3) is 4.19. The molecule has 0 saturated heterocycles. The molecule has 0 unspecified atom stereocenters. The standard InChI is InChI=1S/C18H18FNO2/c1-13(12-15-7-2-4-8-16(15)19)18(22)20-11-10-14-6-3-5-9-17(14)21/h2-9,12,21H,10-11H2,1H3,(H,20,22)/b13-12+. The number of hydrogen-bond acceptors (Lipinski definition) is 2. The molecule has 114 valence electrons. The highest BCUT2D eigenvalue weighted by atomic mass is 19.1. The molecule has 0 saturated carbocycles. The molecule has 2 aromatic rings. The van der Waals surface area contributed by atoms with Gasteiger partial charge in [-0.05, 0) is 37.1 Å². The van der Waals surface area contributed by atoms with Crippen LogP contribution in [-0.4, -0.2) is 17.6 Å². The number of phenolic OH excluding ortho intramolecular Hbond substituents is 1. The van der Waals surface area contributed by atoms with Crippen LogP contribution >= 0.6 is 0 Å². The second-order valence-corrected chi connectivity index (χ2v) is 4.98. The molecule has 1 amide bonds. The lowest BCUT2D eigenvalue weighted by atomic mass is 10.1. The lowest BCUT2D eigenvalue weighted by molar-refractivity contribution is -0.117. The smallest absolute Gasteiger partial charge is 0.246 e. The van der Waals surface area contributed by atoms with Crippen molar-refractivity contribution in [3.05, 3.63) is 71.0 Å². The highest BCUT2D eigenvalue weighted by Gasteiger charge is 2.06. The zero-order valence-corrected chi connectivity index (χ0v) is 12.3. The largest absolute Gasteiger partial charge is 0.508 e. The lowest BCUT2D eigenvalue weighted by Crippen LogP contribution is -2.26. The highest BCUT2D eigenvalue weighted by Crippen LogP contribution is 2.15. The van der Waals surface area contributed by atoms with Crippen LogP contribution < -0.4 is 5.32 Å². The molecule has 2 rings (SSSR count). The zero-order valence-electron chi connectivity index (χ0n) is 12.3. The summed E-state index contributed by atoms with van der Waals surface area (Å²) in [4.78, 5) is 12.0. The normalized spacial score (nSPS) is 11.3. The average Bonchev–Trinajstić information content (AvgIpc) is 2.51. The van der Waals surface area contributed by atoms with Crippen molar-refractivity contribution in [2.45, 2.75) is 13.3 Å². The molecule has 0 heterocycles. The van der Waals surface area contributed by atoms with E-state index in [1.807, 2.05) is 12.1 Å². The van der Waals surface area contributed by atoms with Gasteiger partial charge in [-0.15, -0.1) is 0 Å². The van der Waals surface area contributed by atoms with Crippen molar-refractivity contribution in [1.82, 2.24) is 5.32 Å². The fourth-order valence-electron chi connectivity index (χ4n) is 2.06.